The summed E-state index contributed by atoms with van der Waals surface area (Å²) in [6.07, 6.45) is 1.62. The number of nitrogens with zero attached hydrogens (tertiary/aromatic N) is 1. The second-order valence-electron chi connectivity index (χ2n) is 4.22. The van der Waals surface area contributed by atoms with E-state index in [9.17, 15) is 5.11 Å². The molecule has 0 fully saturated rings. The van der Waals surface area contributed by atoms with Crippen LogP contribution in [0.1, 0.15) is 11.1 Å². The normalized spacial score (nSPS) is 10.8. The zero-order chi connectivity index (χ0) is 15.2. The van der Waals surface area contributed by atoms with Crippen LogP contribution in [0.5, 0.6) is 11.5 Å². The Morgan fingerprint density at radius 3 is 2.62 bits per heavy atom. The lowest BCUT2D eigenvalue weighted by Crippen LogP contribution is -2.06. The third kappa shape index (κ3) is 4.03. The minimum atomic E-state index is 0.0884. The van der Waals surface area contributed by atoms with Crippen LogP contribution in [0.15, 0.2) is 41.5 Å². The molecule has 2 aromatic carbocycles. The van der Waals surface area contributed by atoms with Crippen LogP contribution >= 0.6 is 23.2 Å². The van der Waals surface area contributed by atoms with E-state index in [0.717, 1.165) is 11.1 Å². The molecule has 6 heteroatoms. The number of ether oxygens (including phenoxy) is 1. The van der Waals surface area contributed by atoms with E-state index in [2.05, 4.69) is 10.5 Å². The number of phenols is 1. The summed E-state index contributed by atoms with van der Waals surface area (Å²) in [6, 6.07) is 10.3. The average molecular weight is 325 g/mol. The highest BCUT2D eigenvalue weighted by atomic mass is 35.5. The molecule has 0 unspecified atom stereocenters. The summed E-state index contributed by atoms with van der Waals surface area (Å²) in [7, 11) is 1.49. The summed E-state index contributed by atoms with van der Waals surface area (Å²) in [4.78, 5) is 0. The van der Waals surface area contributed by atoms with Gasteiger partial charge in [-0.25, -0.2) is 0 Å². The van der Waals surface area contributed by atoms with Crippen molar-refractivity contribution in [3.63, 3.8) is 0 Å². The molecule has 2 N–H and O–H groups in total. The first-order valence-corrected chi connectivity index (χ1v) is 6.93. The van der Waals surface area contributed by atoms with Crippen molar-refractivity contribution in [3.8, 4) is 11.5 Å². The summed E-state index contributed by atoms with van der Waals surface area (Å²) in [6.45, 7) is 0.421. The van der Waals surface area contributed by atoms with Gasteiger partial charge in [-0.15, -0.1) is 0 Å². The van der Waals surface area contributed by atoms with Crippen molar-refractivity contribution in [1.82, 2.24) is 5.43 Å². The quantitative estimate of drug-likeness (QED) is 0.649. The number of benzene rings is 2. The van der Waals surface area contributed by atoms with Crippen LogP contribution in [0.2, 0.25) is 10.0 Å². The second-order valence-corrected chi connectivity index (χ2v) is 5.04. The molecule has 0 saturated heterocycles. The smallest absolute Gasteiger partial charge is 0.161 e. The van der Waals surface area contributed by atoms with Crippen molar-refractivity contribution in [1.29, 1.82) is 0 Å². The van der Waals surface area contributed by atoms with Gasteiger partial charge in [-0.05, 0) is 35.9 Å². The van der Waals surface area contributed by atoms with E-state index >= 15 is 0 Å². The molecule has 0 amide bonds. The molecule has 4 nitrogen and oxygen atoms in total. The molecule has 2 rings (SSSR count). The number of phenolic OH excluding ortho intramolecular Hbond substituents is 1. The van der Waals surface area contributed by atoms with Gasteiger partial charge in [0.05, 0.1) is 19.9 Å². The van der Waals surface area contributed by atoms with Gasteiger partial charge in [0.25, 0.3) is 0 Å². The lowest BCUT2D eigenvalue weighted by atomic mass is 10.2. The van der Waals surface area contributed by atoms with Crippen LogP contribution in [0.25, 0.3) is 0 Å². The number of halogens is 2. The monoisotopic (exact) mass is 324 g/mol. The molecular weight excluding hydrogens is 311 g/mol. The highest BCUT2D eigenvalue weighted by Crippen LogP contribution is 2.26. The zero-order valence-corrected chi connectivity index (χ0v) is 12.8. The molecule has 0 aromatic heterocycles. The van der Waals surface area contributed by atoms with E-state index in [0.29, 0.717) is 22.3 Å². The van der Waals surface area contributed by atoms with Gasteiger partial charge in [-0.3, -0.25) is 0 Å². The van der Waals surface area contributed by atoms with Crippen molar-refractivity contribution in [3.05, 3.63) is 57.6 Å². The molecule has 0 aliphatic carbocycles. The maximum Gasteiger partial charge on any atom is 0.161 e. The Morgan fingerprint density at radius 1 is 1.24 bits per heavy atom. The topological polar surface area (TPSA) is 53.8 Å². The lowest BCUT2D eigenvalue weighted by molar-refractivity contribution is 0.373. The van der Waals surface area contributed by atoms with Gasteiger partial charge >= 0.3 is 0 Å². The van der Waals surface area contributed by atoms with Crippen molar-refractivity contribution in [2.45, 2.75) is 6.54 Å². The van der Waals surface area contributed by atoms with Crippen LogP contribution in [0.3, 0.4) is 0 Å². The molecule has 0 atom stereocenters. The lowest BCUT2D eigenvalue weighted by Gasteiger charge is -2.06. The number of methoxy groups -OCH3 is 1. The van der Waals surface area contributed by atoms with Crippen molar-refractivity contribution in [2.75, 3.05) is 7.11 Å². The minimum Gasteiger partial charge on any atom is -0.504 e. The Bertz CT molecular complexity index is 640. The third-order valence-electron chi connectivity index (χ3n) is 2.83. The summed E-state index contributed by atoms with van der Waals surface area (Å²) in [5.74, 6) is 0.485. The summed E-state index contributed by atoms with van der Waals surface area (Å²) in [5.41, 5.74) is 4.47. The van der Waals surface area contributed by atoms with Crippen LogP contribution in [-0.4, -0.2) is 18.4 Å². The van der Waals surface area contributed by atoms with E-state index in [-0.39, 0.29) is 5.75 Å². The molecule has 0 saturated carbocycles. The van der Waals surface area contributed by atoms with Crippen molar-refractivity contribution in [2.24, 2.45) is 5.10 Å². The number of hydrogen-bond acceptors (Lipinski definition) is 4. The SMILES string of the molecule is COc1cc(/C=N/NCc2c(Cl)cccc2Cl)ccc1O. The first kappa shape index (κ1) is 15.5. The van der Waals surface area contributed by atoms with Gasteiger partial charge in [0.1, 0.15) is 0 Å². The largest absolute Gasteiger partial charge is 0.504 e. The maximum atomic E-state index is 9.50. The fraction of sp³-hybridized carbons (Fsp3) is 0.133. The maximum absolute atomic E-state index is 9.50. The number of nitrogens with one attached hydrogen (secondary N) is 1. The van der Waals surface area contributed by atoms with E-state index in [1.54, 1.807) is 42.6 Å². The Kier molecular flexibility index (Phi) is 5.31. The standard InChI is InChI=1S/C15H14Cl2N2O2/c1-21-15-7-10(5-6-14(15)20)8-18-19-9-11-12(16)3-2-4-13(11)17/h2-8,19-20H,9H2,1H3/b18-8+. The molecule has 110 valence electrons. The Labute approximate surface area is 133 Å². The van der Waals surface area contributed by atoms with Crippen LogP contribution in [0.4, 0.5) is 0 Å². The minimum absolute atomic E-state index is 0.0884. The summed E-state index contributed by atoms with van der Waals surface area (Å²) >= 11 is 12.1. The third-order valence-corrected chi connectivity index (χ3v) is 3.53. The summed E-state index contributed by atoms with van der Waals surface area (Å²) in [5, 5.41) is 14.8. The second kappa shape index (κ2) is 7.20. The van der Waals surface area contributed by atoms with E-state index in [1.807, 2.05) is 0 Å². The van der Waals surface area contributed by atoms with Gasteiger partial charge in [0.15, 0.2) is 11.5 Å². The molecular formula is C15H14Cl2N2O2. The van der Waals surface area contributed by atoms with Crippen LogP contribution in [0, 0.1) is 0 Å². The van der Waals surface area contributed by atoms with E-state index in [1.165, 1.54) is 7.11 Å². The van der Waals surface area contributed by atoms with Gasteiger partial charge in [-0.1, -0.05) is 29.3 Å². The van der Waals surface area contributed by atoms with Gasteiger partial charge in [-0.2, -0.15) is 5.10 Å². The van der Waals surface area contributed by atoms with Crippen molar-refractivity contribution >= 4 is 29.4 Å². The zero-order valence-electron chi connectivity index (χ0n) is 11.3. The number of rotatable bonds is 5. The van der Waals surface area contributed by atoms with E-state index < -0.39 is 0 Å². The first-order chi connectivity index (χ1) is 10.1. The Morgan fingerprint density at radius 2 is 1.95 bits per heavy atom. The molecule has 0 radical (unpaired) electrons. The molecule has 0 aliphatic heterocycles. The molecule has 0 aliphatic rings. The van der Waals surface area contributed by atoms with Crippen LogP contribution in [-0.2, 0) is 6.54 Å². The van der Waals surface area contributed by atoms with Crippen molar-refractivity contribution < 1.29 is 9.84 Å². The Balaban J connectivity index is 2.00. The highest BCUT2D eigenvalue weighted by molar-refractivity contribution is 6.35. The van der Waals surface area contributed by atoms with Gasteiger partial charge in [0.2, 0.25) is 0 Å². The molecule has 0 heterocycles. The number of aromatic hydroxyl groups is 1. The fourth-order valence-electron chi connectivity index (χ4n) is 1.72. The molecule has 21 heavy (non-hydrogen) atoms. The molecule has 0 spiro atoms. The molecule has 0 bridgehead atoms. The van der Waals surface area contributed by atoms with Gasteiger partial charge in [0, 0.05) is 15.6 Å². The number of hydrogen-bond donors (Lipinski definition) is 2. The average Bonchev–Trinajstić information content (AvgIpc) is 2.47. The Hall–Kier alpha value is -1.91. The predicted molar refractivity (Wildman–Crippen MR) is 85.6 cm³/mol. The first-order valence-electron chi connectivity index (χ1n) is 6.17. The molecule has 2 aromatic rings. The van der Waals surface area contributed by atoms with Gasteiger partial charge < -0.3 is 15.3 Å². The van der Waals surface area contributed by atoms with E-state index in [4.69, 9.17) is 27.9 Å². The highest BCUT2D eigenvalue weighted by Gasteiger charge is 2.04. The van der Waals surface area contributed by atoms with Crippen LogP contribution < -0.4 is 10.2 Å². The predicted octanol–water partition coefficient (Wildman–Crippen LogP) is 3.83. The fourth-order valence-corrected chi connectivity index (χ4v) is 2.25. The number of hydrazone groups is 1. The summed E-state index contributed by atoms with van der Waals surface area (Å²) < 4.78 is 5.03.